The monoisotopic (exact) mass is 352 g/mol. The third kappa shape index (κ3) is 3.34. The van der Waals surface area contributed by atoms with Crippen molar-refractivity contribution in [2.24, 2.45) is 11.5 Å². The van der Waals surface area contributed by atoms with Gasteiger partial charge in [-0.3, -0.25) is 14.6 Å². The van der Waals surface area contributed by atoms with Crippen LogP contribution in [0.5, 0.6) is 0 Å². The molecule has 0 saturated heterocycles. The normalized spacial score (nSPS) is 10.4. The van der Waals surface area contributed by atoms with Crippen molar-refractivity contribution < 1.29 is 9.59 Å². The molecule has 124 valence electrons. The second-order valence-corrected chi connectivity index (χ2v) is 5.67. The topological polar surface area (TPSA) is 112 Å². The zero-order valence-corrected chi connectivity index (χ0v) is 13.7. The smallest absolute Gasteiger partial charge is 0.267 e. The lowest BCUT2D eigenvalue weighted by molar-refractivity contribution is 0.0985. The van der Waals surface area contributed by atoms with Crippen molar-refractivity contribution in [3.8, 4) is 22.4 Å². The first-order chi connectivity index (χ1) is 12.0. The van der Waals surface area contributed by atoms with Gasteiger partial charge in [-0.2, -0.15) is 0 Å². The Kier molecular flexibility index (Phi) is 4.45. The van der Waals surface area contributed by atoms with E-state index < -0.39 is 11.8 Å². The molecule has 0 aliphatic carbocycles. The first-order valence-electron chi connectivity index (χ1n) is 7.28. The molecular weight excluding hydrogens is 340 g/mol. The van der Waals surface area contributed by atoms with E-state index in [-0.39, 0.29) is 11.3 Å². The van der Waals surface area contributed by atoms with Crippen LogP contribution in [0.2, 0.25) is 5.02 Å². The Balaban J connectivity index is 2.21. The van der Waals surface area contributed by atoms with E-state index in [0.29, 0.717) is 27.4 Å². The van der Waals surface area contributed by atoms with E-state index in [1.165, 1.54) is 12.3 Å². The molecule has 2 aromatic heterocycles. The van der Waals surface area contributed by atoms with E-state index in [9.17, 15) is 9.59 Å². The molecule has 0 aliphatic rings. The van der Waals surface area contributed by atoms with Crippen LogP contribution >= 0.6 is 11.6 Å². The summed E-state index contributed by atoms with van der Waals surface area (Å²) < 4.78 is 0. The van der Waals surface area contributed by atoms with Crippen molar-refractivity contribution in [3.05, 3.63) is 71.1 Å². The Morgan fingerprint density at radius 1 is 0.920 bits per heavy atom. The van der Waals surface area contributed by atoms with Gasteiger partial charge in [0.25, 0.3) is 5.91 Å². The lowest BCUT2D eigenvalue weighted by Crippen LogP contribution is -2.17. The lowest BCUT2D eigenvalue weighted by Gasteiger charge is -2.11. The van der Waals surface area contributed by atoms with Gasteiger partial charge >= 0.3 is 0 Å². The van der Waals surface area contributed by atoms with E-state index in [2.05, 4.69) is 9.97 Å². The SMILES string of the molecule is NC(=O)c1cnc(C(N)=O)c(-c2ccc(Cl)c(-c3ccccn3)c2)c1. The summed E-state index contributed by atoms with van der Waals surface area (Å²) in [6.07, 6.45) is 2.88. The molecule has 0 bridgehead atoms. The van der Waals surface area contributed by atoms with Crippen molar-refractivity contribution >= 4 is 23.4 Å². The Morgan fingerprint density at radius 3 is 2.36 bits per heavy atom. The number of carbonyl (C=O) groups excluding carboxylic acids is 2. The maximum Gasteiger partial charge on any atom is 0.267 e. The highest BCUT2D eigenvalue weighted by Gasteiger charge is 2.16. The number of benzene rings is 1. The molecule has 0 fully saturated rings. The number of halogens is 1. The van der Waals surface area contributed by atoms with Gasteiger partial charge in [-0.05, 0) is 35.9 Å². The summed E-state index contributed by atoms with van der Waals surface area (Å²) in [7, 11) is 0. The zero-order valence-electron chi connectivity index (χ0n) is 12.9. The predicted molar refractivity (Wildman–Crippen MR) is 94.9 cm³/mol. The van der Waals surface area contributed by atoms with Crippen LogP contribution < -0.4 is 11.5 Å². The fraction of sp³-hybridized carbons (Fsp3) is 0. The van der Waals surface area contributed by atoms with Gasteiger partial charge < -0.3 is 11.5 Å². The predicted octanol–water partition coefficient (Wildman–Crippen LogP) is 2.66. The van der Waals surface area contributed by atoms with Crippen molar-refractivity contribution in [2.75, 3.05) is 0 Å². The number of pyridine rings is 2. The first-order valence-corrected chi connectivity index (χ1v) is 7.66. The molecule has 0 saturated carbocycles. The molecule has 0 unspecified atom stereocenters. The van der Waals surface area contributed by atoms with Gasteiger partial charge in [0.2, 0.25) is 5.91 Å². The molecule has 2 heterocycles. The number of rotatable bonds is 4. The molecule has 0 atom stereocenters. The zero-order chi connectivity index (χ0) is 18.0. The quantitative estimate of drug-likeness (QED) is 0.751. The van der Waals surface area contributed by atoms with Crippen LogP contribution in [-0.2, 0) is 0 Å². The van der Waals surface area contributed by atoms with E-state index in [1.807, 2.05) is 12.1 Å². The maximum absolute atomic E-state index is 11.7. The number of nitrogens with two attached hydrogens (primary N) is 2. The molecule has 3 rings (SSSR count). The second kappa shape index (κ2) is 6.70. The fourth-order valence-electron chi connectivity index (χ4n) is 2.43. The summed E-state index contributed by atoms with van der Waals surface area (Å²) in [6.45, 7) is 0. The molecule has 4 N–H and O–H groups in total. The number of primary amides is 2. The largest absolute Gasteiger partial charge is 0.366 e. The Labute approximate surface area is 148 Å². The maximum atomic E-state index is 11.7. The van der Waals surface area contributed by atoms with Gasteiger partial charge in [-0.25, -0.2) is 4.98 Å². The average Bonchev–Trinajstić information content (AvgIpc) is 2.62. The van der Waals surface area contributed by atoms with Crippen LogP contribution in [0.25, 0.3) is 22.4 Å². The van der Waals surface area contributed by atoms with Crippen molar-refractivity contribution in [3.63, 3.8) is 0 Å². The number of amides is 2. The van der Waals surface area contributed by atoms with Gasteiger partial charge in [0.1, 0.15) is 5.69 Å². The van der Waals surface area contributed by atoms with E-state index in [1.54, 1.807) is 30.5 Å². The number of hydrogen-bond donors (Lipinski definition) is 2. The highest BCUT2D eigenvalue weighted by Crippen LogP contribution is 2.32. The average molecular weight is 353 g/mol. The second-order valence-electron chi connectivity index (χ2n) is 5.26. The van der Waals surface area contributed by atoms with Gasteiger partial charge in [0, 0.05) is 28.5 Å². The standard InChI is InChI=1S/C18H13ClN4O2/c19-14-5-4-10(7-13(14)15-3-1-2-6-22-15)12-8-11(17(20)24)9-23-16(12)18(21)25/h1-9H,(H2,20,24)(H2,21,25). The lowest BCUT2D eigenvalue weighted by atomic mass is 9.98. The van der Waals surface area contributed by atoms with E-state index in [4.69, 9.17) is 23.1 Å². The van der Waals surface area contributed by atoms with Crippen LogP contribution in [-0.4, -0.2) is 21.8 Å². The Hall–Kier alpha value is -3.25. The summed E-state index contributed by atoms with van der Waals surface area (Å²) >= 11 is 6.28. The minimum absolute atomic E-state index is 0.0410. The molecule has 0 spiro atoms. The van der Waals surface area contributed by atoms with Gasteiger partial charge in [0.15, 0.2) is 0 Å². The number of aromatic nitrogens is 2. The summed E-state index contributed by atoms with van der Waals surface area (Å²) in [5.74, 6) is -1.36. The molecule has 1 aromatic carbocycles. The van der Waals surface area contributed by atoms with E-state index in [0.717, 1.165) is 0 Å². The Bertz CT molecular complexity index is 974. The third-order valence-electron chi connectivity index (χ3n) is 3.62. The highest BCUT2D eigenvalue weighted by atomic mass is 35.5. The molecular formula is C18H13ClN4O2. The van der Waals surface area contributed by atoms with Crippen LogP contribution in [0.1, 0.15) is 20.8 Å². The number of nitrogens with zero attached hydrogens (tertiary/aromatic N) is 2. The van der Waals surface area contributed by atoms with Gasteiger partial charge in [-0.15, -0.1) is 0 Å². The first kappa shape index (κ1) is 16.6. The van der Waals surface area contributed by atoms with Crippen molar-refractivity contribution in [2.45, 2.75) is 0 Å². The van der Waals surface area contributed by atoms with E-state index >= 15 is 0 Å². The minimum atomic E-state index is -0.708. The Morgan fingerprint density at radius 2 is 1.72 bits per heavy atom. The van der Waals surface area contributed by atoms with Crippen LogP contribution in [0.15, 0.2) is 54.9 Å². The summed E-state index contributed by atoms with van der Waals surface area (Å²) in [5, 5.41) is 0.502. The third-order valence-corrected chi connectivity index (χ3v) is 3.95. The van der Waals surface area contributed by atoms with Crippen molar-refractivity contribution in [1.29, 1.82) is 0 Å². The molecule has 25 heavy (non-hydrogen) atoms. The summed E-state index contributed by atoms with van der Waals surface area (Å²) in [4.78, 5) is 31.4. The summed E-state index contributed by atoms with van der Waals surface area (Å²) in [6, 6.07) is 12.1. The highest BCUT2D eigenvalue weighted by molar-refractivity contribution is 6.33. The molecule has 2 amide bonds. The number of carbonyl (C=O) groups is 2. The van der Waals surface area contributed by atoms with Gasteiger partial charge in [-0.1, -0.05) is 23.7 Å². The van der Waals surface area contributed by atoms with Crippen LogP contribution in [0.4, 0.5) is 0 Å². The van der Waals surface area contributed by atoms with Gasteiger partial charge in [0.05, 0.1) is 11.3 Å². The molecule has 0 radical (unpaired) electrons. The summed E-state index contributed by atoms with van der Waals surface area (Å²) in [5.41, 5.74) is 13.3. The molecule has 0 aliphatic heterocycles. The van der Waals surface area contributed by atoms with Crippen molar-refractivity contribution in [1.82, 2.24) is 9.97 Å². The molecule has 7 heteroatoms. The fourth-order valence-corrected chi connectivity index (χ4v) is 2.64. The molecule has 6 nitrogen and oxygen atoms in total. The minimum Gasteiger partial charge on any atom is -0.366 e. The molecule has 3 aromatic rings. The van der Waals surface area contributed by atoms with Crippen LogP contribution in [0, 0.1) is 0 Å². The van der Waals surface area contributed by atoms with Crippen LogP contribution in [0.3, 0.4) is 0 Å². The number of hydrogen-bond acceptors (Lipinski definition) is 4.